The van der Waals surface area contributed by atoms with Gasteiger partial charge in [0.1, 0.15) is 11.3 Å². The molecule has 0 bridgehead atoms. The van der Waals surface area contributed by atoms with Crippen molar-refractivity contribution in [1.82, 2.24) is 34.6 Å². The Kier molecular flexibility index (Phi) is 7.85. The molecular formula is C25H35ClFN7O2. The van der Waals surface area contributed by atoms with Gasteiger partial charge in [0.15, 0.2) is 0 Å². The molecule has 5 rings (SSSR count). The highest BCUT2D eigenvalue weighted by atomic mass is 35.5. The summed E-state index contributed by atoms with van der Waals surface area (Å²) in [5.41, 5.74) is 1.20. The lowest BCUT2D eigenvalue weighted by Gasteiger charge is -2.41. The smallest absolute Gasteiger partial charge is 0.319 e. The van der Waals surface area contributed by atoms with E-state index in [0.29, 0.717) is 17.4 Å². The standard InChI is InChI=1S/C25H34FN7O2.ClH/c1-16(2)21-19-6-5-7-20(26)22(19)33(28-21)24-27-23(35-29-24)17-8-12-31(13-9-17)18-10-14-32(15-11-18)25(34)30(3)4;/h5-7,16-18H,8-15H2,1-4H3;1H. The Labute approximate surface area is 217 Å². The molecule has 3 aromatic rings. The molecule has 0 aliphatic carbocycles. The van der Waals surface area contributed by atoms with Gasteiger partial charge in [-0.15, -0.1) is 12.4 Å². The lowest BCUT2D eigenvalue weighted by Crippen LogP contribution is -2.50. The van der Waals surface area contributed by atoms with Crippen LogP contribution in [0.4, 0.5) is 9.18 Å². The lowest BCUT2D eigenvalue weighted by atomic mass is 9.93. The molecule has 0 unspecified atom stereocenters. The second-order valence-electron chi connectivity index (χ2n) is 10.2. The summed E-state index contributed by atoms with van der Waals surface area (Å²) in [6.45, 7) is 7.62. The van der Waals surface area contributed by atoms with Crippen molar-refractivity contribution in [2.45, 2.75) is 57.4 Å². The number of amides is 2. The van der Waals surface area contributed by atoms with Crippen LogP contribution in [-0.4, -0.2) is 87.0 Å². The third-order valence-corrected chi connectivity index (χ3v) is 7.36. The Balaban J connectivity index is 0.00000304. The number of carbonyl (C=O) groups is 1. The Bertz CT molecular complexity index is 1190. The van der Waals surface area contributed by atoms with Crippen LogP contribution in [0.2, 0.25) is 0 Å². The van der Waals surface area contributed by atoms with Crippen LogP contribution in [0.15, 0.2) is 22.7 Å². The number of benzene rings is 1. The van der Waals surface area contributed by atoms with Gasteiger partial charge in [-0.05, 0) is 55.9 Å². The molecule has 0 saturated carbocycles. The largest absolute Gasteiger partial charge is 0.337 e. The Morgan fingerprint density at radius 3 is 2.44 bits per heavy atom. The highest BCUT2D eigenvalue weighted by Gasteiger charge is 2.32. The number of fused-ring (bicyclic) bond motifs is 1. The maximum atomic E-state index is 14.7. The molecule has 2 amide bonds. The highest BCUT2D eigenvalue weighted by Crippen LogP contribution is 2.32. The topological polar surface area (TPSA) is 83.5 Å². The summed E-state index contributed by atoms with van der Waals surface area (Å²) >= 11 is 0. The molecule has 1 aromatic carbocycles. The first-order valence-corrected chi connectivity index (χ1v) is 12.5. The number of piperidine rings is 2. The van der Waals surface area contributed by atoms with Crippen LogP contribution < -0.4 is 0 Å². The van der Waals surface area contributed by atoms with Gasteiger partial charge in [0.2, 0.25) is 5.89 Å². The van der Waals surface area contributed by atoms with Crippen LogP contribution in [0, 0.1) is 5.82 Å². The van der Waals surface area contributed by atoms with Crippen molar-refractivity contribution in [1.29, 1.82) is 0 Å². The summed E-state index contributed by atoms with van der Waals surface area (Å²) in [7, 11) is 3.60. The average molecular weight is 520 g/mol. The number of aromatic nitrogens is 4. The fourth-order valence-corrected chi connectivity index (χ4v) is 5.42. The van der Waals surface area contributed by atoms with E-state index in [9.17, 15) is 9.18 Å². The SMILES string of the molecule is CC(C)c1nn(-c2noc(C3CCN(C4CCN(C(=O)N(C)C)CC4)CC3)n2)c2c(F)cccc12.Cl. The molecular weight excluding hydrogens is 485 g/mol. The number of hydrogen-bond acceptors (Lipinski definition) is 6. The second-order valence-corrected chi connectivity index (χ2v) is 10.2. The molecule has 0 radical (unpaired) electrons. The maximum Gasteiger partial charge on any atom is 0.319 e. The van der Waals surface area contributed by atoms with Gasteiger partial charge in [-0.1, -0.05) is 26.0 Å². The molecule has 0 N–H and O–H groups in total. The minimum absolute atomic E-state index is 0. The molecule has 9 nitrogen and oxygen atoms in total. The molecule has 2 saturated heterocycles. The molecule has 0 spiro atoms. The number of carbonyl (C=O) groups excluding carboxylic acids is 1. The van der Waals surface area contributed by atoms with Crippen LogP contribution in [0.1, 0.15) is 63.0 Å². The Hall–Kier alpha value is -2.72. The fourth-order valence-electron chi connectivity index (χ4n) is 5.42. The van der Waals surface area contributed by atoms with Crippen molar-refractivity contribution in [2.24, 2.45) is 0 Å². The molecule has 2 fully saturated rings. The fraction of sp³-hybridized carbons (Fsp3) is 0.600. The zero-order valence-electron chi connectivity index (χ0n) is 21.4. The number of para-hydroxylation sites is 1. The Morgan fingerprint density at radius 2 is 1.81 bits per heavy atom. The average Bonchev–Trinajstić information content (AvgIpc) is 3.50. The minimum atomic E-state index is -0.347. The summed E-state index contributed by atoms with van der Waals surface area (Å²) in [5, 5.41) is 9.58. The van der Waals surface area contributed by atoms with Crippen molar-refractivity contribution in [3.05, 3.63) is 35.6 Å². The van der Waals surface area contributed by atoms with Gasteiger partial charge in [0.25, 0.3) is 5.95 Å². The lowest BCUT2D eigenvalue weighted by molar-refractivity contribution is 0.0861. The first-order valence-electron chi connectivity index (χ1n) is 12.5. The van der Waals surface area contributed by atoms with Crippen LogP contribution in [0.5, 0.6) is 0 Å². The van der Waals surface area contributed by atoms with Crippen molar-refractivity contribution in [3.63, 3.8) is 0 Å². The van der Waals surface area contributed by atoms with E-state index in [1.165, 1.54) is 10.7 Å². The highest BCUT2D eigenvalue weighted by molar-refractivity contribution is 5.85. The summed E-state index contributed by atoms with van der Waals surface area (Å²) in [6, 6.07) is 5.62. The van der Waals surface area contributed by atoms with Crippen molar-refractivity contribution in [3.8, 4) is 5.95 Å². The predicted octanol–water partition coefficient (Wildman–Crippen LogP) is 4.42. The molecule has 2 aromatic heterocycles. The first-order chi connectivity index (χ1) is 16.8. The van der Waals surface area contributed by atoms with E-state index < -0.39 is 0 Å². The minimum Gasteiger partial charge on any atom is -0.337 e. The number of likely N-dealkylation sites (tertiary alicyclic amines) is 2. The number of hydrogen-bond donors (Lipinski definition) is 0. The third-order valence-electron chi connectivity index (χ3n) is 7.36. The molecule has 36 heavy (non-hydrogen) atoms. The van der Waals surface area contributed by atoms with Crippen LogP contribution in [0.3, 0.4) is 0 Å². The van der Waals surface area contributed by atoms with Gasteiger partial charge in [-0.3, -0.25) is 0 Å². The number of nitrogens with zero attached hydrogens (tertiary/aromatic N) is 7. The van der Waals surface area contributed by atoms with Crippen molar-refractivity contribution in [2.75, 3.05) is 40.3 Å². The zero-order valence-corrected chi connectivity index (χ0v) is 22.2. The van der Waals surface area contributed by atoms with Crippen LogP contribution >= 0.6 is 12.4 Å². The van der Waals surface area contributed by atoms with Gasteiger partial charge >= 0.3 is 6.03 Å². The summed E-state index contributed by atoms with van der Waals surface area (Å²) in [4.78, 5) is 23.0. The molecule has 11 heteroatoms. The number of rotatable bonds is 4. The van der Waals surface area contributed by atoms with E-state index in [1.54, 1.807) is 25.1 Å². The van der Waals surface area contributed by atoms with E-state index in [4.69, 9.17) is 4.52 Å². The zero-order chi connectivity index (χ0) is 24.7. The number of halogens is 2. The molecule has 196 valence electrons. The van der Waals surface area contributed by atoms with E-state index >= 15 is 0 Å². The second kappa shape index (κ2) is 10.7. The van der Waals surface area contributed by atoms with Crippen molar-refractivity contribution >= 4 is 29.3 Å². The quantitative estimate of drug-likeness (QED) is 0.507. The normalized spacial score (nSPS) is 18.1. The van der Waals surface area contributed by atoms with E-state index in [1.807, 2.05) is 24.8 Å². The molecule has 2 aliphatic heterocycles. The summed E-state index contributed by atoms with van der Waals surface area (Å²) in [6.07, 6.45) is 3.88. The van der Waals surface area contributed by atoms with Crippen LogP contribution in [-0.2, 0) is 0 Å². The predicted molar refractivity (Wildman–Crippen MR) is 137 cm³/mol. The monoisotopic (exact) mass is 519 g/mol. The van der Waals surface area contributed by atoms with Gasteiger partial charge in [0.05, 0.1) is 5.69 Å². The van der Waals surface area contributed by atoms with E-state index in [0.717, 1.165) is 62.9 Å². The number of urea groups is 1. The Morgan fingerprint density at radius 1 is 1.11 bits per heavy atom. The third kappa shape index (κ3) is 4.93. The molecule has 2 aliphatic rings. The summed E-state index contributed by atoms with van der Waals surface area (Å²) < 4.78 is 21.8. The van der Waals surface area contributed by atoms with E-state index in [-0.39, 0.29) is 42.0 Å². The first kappa shape index (κ1) is 26.3. The van der Waals surface area contributed by atoms with Gasteiger partial charge in [-0.2, -0.15) is 14.8 Å². The molecule has 0 atom stereocenters. The van der Waals surface area contributed by atoms with Crippen LogP contribution in [0.25, 0.3) is 16.9 Å². The van der Waals surface area contributed by atoms with Gasteiger partial charge in [-0.25, -0.2) is 9.18 Å². The van der Waals surface area contributed by atoms with Crippen molar-refractivity contribution < 1.29 is 13.7 Å². The maximum absolute atomic E-state index is 14.7. The van der Waals surface area contributed by atoms with Gasteiger partial charge < -0.3 is 19.2 Å². The van der Waals surface area contributed by atoms with Gasteiger partial charge in [0, 0.05) is 44.5 Å². The van der Waals surface area contributed by atoms with E-state index in [2.05, 4.69) is 20.1 Å². The summed E-state index contributed by atoms with van der Waals surface area (Å²) in [5.74, 6) is 0.850. The molecule has 4 heterocycles.